The Morgan fingerprint density at radius 2 is 1.65 bits per heavy atom. The molecule has 0 radical (unpaired) electrons. The van der Waals surface area contributed by atoms with Gasteiger partial charge in [0, 0.05) is 18.2 Å². The molecule has 6 heteroatoms. The molecule has 1 heterocycles. The Bertz CT molecular complexity index is 791. The lowest BCUT2D eigenvalue weighted by Gasteiger charge is -2.30. The number of rotatable bonds is 3. The minimum atomic E-state index is -4.30. The molecule has 0 unspecified atom stereocenters. The zero-order valence-electron chi connectivity index (χ0n) is 12.2. The van der Waals surface area contributed by atoms with Crippen molar-refractivity contribution in [1.29, 1.82) is 0 Å². The van der Waals surface area contributed by atoms with Gasteiger partial charge in [-0.2, -0.15) is 8.78 Å². The summed E-state index contributed by atoms with van der Waals surface area (Å²) in [6.45, 7) is 0. The molecule has 23 heavy (non-hydrogen) atoms. The molecule has 0 bridgehead atoms. The van der Waals surface area contributed by atoms with Gasteiger partial charge in [-0.1, -0.05) is 48.5 Å². The van der Waals surface area contributed by atoms with E-state index < -0.39 is 23.2 Å². The van der Waals surface area contributed by atoms with Crippen LogP contribution in [0, 0.1) is 0 Å². The van der Waals surface area contributed by atoms with Crippen LogP contribution in [-0.2, 0) is 10.4 Å². The zero-order chi connectivity index (χ0) is 16.8. The second-order valence-corrected chi connectivity index (χ2v) is 5.36. The van der Waals surface area contributed by atoms with E-state index in [1.807, 2.05) is 0 Å². The lowest BCUT2D eigenvalue weighted by atomic mass is 9.84. The van der Waals surface area contributed by atoms with Crippen LogP contribution in [0.4, 0.5) is 14.5 Å². The van der Waals surface area contributed by atoms with E-state index in [0.29, 0.717) is 0 Å². The molecular formula is C17H13F2NO3. The molecule has 0 saturated heterocycles. The highest BCUT2D eigenvalue weighted by molar-refractivity contribution is 6.13. The topological polar surface area (TPSA) is 57.6 Å². The van der Waals surface area contributed by atoms with Crippen molar-refractivity contribution in [1.82, 2.24) is 0 Å². The molecule has 0 aliphatic carbocycles. The van der Waals surface area contributed by atoms with Crippen molar-refractivity contribution in [2.45, 2.75) is 11.5 Å². The van der Waals surface area contributed by atoms with Crippen LogP contribution in [0.1, 0.15) is 15.9 Å². The van der Waals surface area contributed by atoms with Crippen molar-refractivity contribution in [3.05, 3.63) is 65.7 Å². The Hall–Kier alpha value is -2.60. The quantitative estimate of drug-likeness (QED) is 0.884. The van der Waals surface area contributed by atoms with E-state index in [9.17, 15) is 23.5 Å². The van der Waals surface area contributed by atoms with E-state index >= 15 is 0 Å². The molecule has 0 spiro atoms. The highest BCUT2D eigenvalue weighted by Gasteiger charge is 2.68. The summed E-state index contributed by atoms with van der Waals surface area (Å²) in [5, 5.41) is 10.6. The first-order valence-corrected chi connectivity index (χ1v) is 6.89. The highest BCUT2D eigenvalue weighted by atomic mass is 19.3. The summed E-state index contributed by atoms with van der Waals surface area (Å²) in [7, 11) is 1.28. The fourth-order valence-corrected chi connectivity index (χ4v) is 2.78. The van der Waals surface area contributed by atoms with E-state index in [4.69, 9.17) is 0 Å². The van der Waals surface area contributed by atoms with Crippen LogP contribution in [0.3, 0.4) is 0 Å². The molecule has 1 atom stereocenters. The molecule has 2 aromatic rings. The number of hydrogen-bond acceptors (Lipinski definition) is 3. The number of halogens is 2. The molecule has 0 fully saturated rings. The molecule has 2 aromatic carbocycles. The average Bonchev–Trinajstić information content (AvgIpc) is 2.78. The SMILES string of the molecule is CN1C(=O)[C@](O)(C(F)(F)C(=O)c2ccccc2)c2ccccc21. The van der Waals surface area contributed by atoms with Gasteiger partial charge in [0.25, 0.3) is 5.91 Å². The Labute approximate surface area is 131 Å². The molecule has 0 saturated carbocycles. The monoisotopic (exact) mass is 317 g/mol. The maximum atomic E-state index is 14.8. The minimum absolute atomic E-state index is 0.153. The van der Waals surface area contributed by atoms with Crippen LogP contribution >= 0.6 is 0 Å². The number of carbonyl (C=O) groups excluding carboxylic acids is 2. The first kappa shape index (κ1) is 15.3. The number of amides is 1. The molecule has 1 amide bonds. The maximum Gasteiger partial charge on any atom is 0.351 e. The normalized spacial score (nSPS) is 20.5. The van der Waals surface area contributed by atoms with Gasteiger partial charge in [-0.25, -0.2) is 0 Å². The van der Waals surface area contributed by atoms with Gasteiger partial charge in [0.1, 0.15) is 0 Å². The number of Topliss-reactive ketones (excluding diaryl/α,β-unsaturated/α-hetero) is 1. The molecular weight excluding hydrogens is 304 g/mol. The van der Waals surface area contributed by atoms with Crippen LogP contribution in [-0.4, -0.2) is 29.8 Å². The second kappa shape index (κ2) is 4.96. The van der Waals surface area contributed by atoms with Crippen molar-refractivity contribution < 1.29 is 23.5 Å². The summed E-state index contributed by atoms with van der Waals surface area (Å²) < 4.78 is 29.7. The molecule has 3 rings (SSSR count). The number of benzene rings is 2. The summed E-state index contributed by atoms with van der Waals surface area (Å²) in [5.41, 5.74) is -3.61. The number of likely N-dealkylation sites (N-methyl/N-ethyl adjacent to an activating group) is 1. The number of hydrogen-bond donors (Lipinski definition) is 1. The van der Waals surface area contributed by atoms with Crippen molar-refractivity contribution in [2.24, 2.45) is 0 Å². The first-order chi connectivity index (χ1) is 10.8. The van der Waals surface area contributed by atoms with Crippen LogP contribution in [0.5, 0.6) is 0 Å². The van der Waals surface area contributed by atoms with E-state index in [1.54, 1.807) is 12.1 Å². The van der Waals surface area contributed by atoms with E-state index in [0.717, 1.165) is 4.90 Å². The predicted octanol–water partition coefficient (Wildman–Crippen LogP) is 2.37. The lowest BCUT2D eigenvalue weighted by Crippen LogP contribution is -2.56. The summed E-state index contributed by atoms with van der Waals surface area (Å²) in [5.74, 6) is -7.13. The molecule has 1 aliphatic rings. The van der Waals surface area contributed by atoms with Crippen molar-refractivity contribution in [3.8, 4) is 0 Å². The Morgan fingerprint density at radius 1 is 1.09 bits per heavy atom. The van der Waals surface area contributed by atoms with Crippen LogP contribution in [0.2, 0.25) is 0 Å². The van der Waals surface area contributed by atoms with Gasteiger partial charge >= 0.3 is 5.92 Å². The summed E-state index contributed by atoms with van der Waals surface area (Å²) >= 11 is 0. The molecule has 118 valence electrons. The standard InChI is InChI=1S/C17H13F2NO3/c1-20-13-10-6-5-9-12(13)16(23,15(20)22)17(18,19)14(21)11-7-3-2-4-8-11/h2-10,23H,1H3/t16-/m0/s1. The summed E-state index contributed by atoms with van der Waals surface area (Å²) in [6, 6.07) is 12.5. The Kier molecular flexibility index (Phi) is 3.30. The van der Waals surface area contributed by atoms with Crippen molar-refractivity contribution in [3.63, 3.8) is 0 Å². The lowest BCUT2D eigenvalue weighted by molar-refractivity contribution is -0.173. The number of para-hydroxylation sites is 1. The maximum absolute atomic E-state index is 14.8. The van der Waals surface area contributed by atoms with Crippen molar-refractivity contribution in [2.75, 3.05) is 11.9 Å². The van der Waals surface area contributed by atoms with Gasteiger partial charge in [0.2, 0.25) is 11.4 Å². The average molecular weight is 317 g/mol. The van der Waals surface area contributed by atoms with Crippen molar-refractivity contribution >= 4 is 17.4 Å². The molecule has 1 aliphatic heterocycles. The van der Waals surface area contributed by atoms with Crippen LogP contribution in [0.25, 0.3) is 0 Å². The Balaban J connectivity index is 2.16. The van der Waals surface area contributed by atoms with E-state index in [2.05, 4.69) is 0 Å². The van der Waals surface area contributed by atoms with Crippen LogP contribution < -0.4 is 4.90 Å². The molecule has 4 nitrogen and oxygen atoms in total. The minimum Gasteiger partial charge on any atom is -0.370 e. The first-order valence-electron chi connectivity index (χ1n) is 6.89. The number of aliphatic hydroxyl groups is 1. The zero-order valence-corrected chi connectivity index (χ0v) is 12.2. The van der Waals surface area contributed by atoms with Gasteiger partial charge < -0.3 is 10.0 Å². The third kappa shape index (κ3) is 1.91. The smallest absolute Gasteiger partial charge is 0.351 e. The van der Waals surface area contributed by atoms with E-state index in [-0.39, 0.29) is 16.8 Å². The molecule has 0 aromatic heterocycles. The van der Waals surface area contributed by atoms with Crippen LogP contribution in [0.15, 0.2) is 54.6 Å². The van der Waals surface area contributed by atoms with E-state index in [1.165, 1.54) is 49.5 Å². The number of anilines is 1. The number of ketones is 1. The number of alkyl halides is 2. The molecule has 1 N–H and O–H groups in total. The Morgan fingerprint density at radius 3 is 2.30 bits per heavy atom. The number of fused-ring (bicyclic) bond motifs is 1. The van der Waals surface area contributed by atoms with Gasteiger partial charge in [-0.05, 0) is 6.07 Å². The van der Waals surface area contributed by atoms with Gasteiger partial charge in [-0.15, -0.1) is 0 Å². The van der Waals surface area contributed by atoms with Gasteiger partial charge in [0.15, 0.2) is 0 Å². The van der Waals surface area contributed by atoms with Gasteiger partial charge in [0.05, 0.1) is 5.69 Å². The largest absolute Gasteiger partial charge is 0.370 e. The fraction of sp³-hybridized carbons (Fsp3) is 0.176. The number of carbonyl (C=O) groups is 2. The second-order valence-electron chi connectivity index (χ2n) is 5.36. The third-order valence-electron chi connectivity index (χ3n) is 4.04. The third-order valence-corrected chi connectivity index (χ3v) is 4.04. The number of nitrogens with zero attached hydrogens (tertiary/aromatic N) is 1. The summed E-state index contributed by atoms with van der Waals surface area (Å²) in [6.07, 6.45) is 0. The van der Waals surface area contributed by atoms with Gasteiger partial charge in [-0.3, -0.25) is 9.59 Å². The highest BCUT2D eigenvalue weighted by Crippen LogP contribution is 2.49. The fourth-order valence-electron chi connectivity index (χ4n) is 2.78. The summed E-state index contributed by atoms with van der Waals surface area (Å²) in [4.78, 5) is 25.5. The predicted molar refractivity (Wildman–Crippen MR) is 79.5 cm³/mol.